The maximum Gasteiger partial charge on any atom is 0.126 e. The number of nitrogens with zero attached hydrogens (tertiary/aromatic N) is 12. The lowest BCUT2D eigenvalue weighted by atomic mass is 10.1. The van der Waals surface area contributed by atoms with Crippen LogP contribution in [0.5, 0.6) is 0 Å². The monoisotopic (exact) mass is 1080 g/mol. The first-order valence-electron chi connectivity index (χ1n) is 28.8. The molecule has 6 aliphatic rings. The van der Waals surface area contributed by atoms with E-state index in [9.17, 15) is 0 Å². The van der Waals surface area contributed by atoms with Crippen molar-refractivity contribution >= 4 is 17.5 Å². The summed E-state index contributed by atoms with van der Waals surface area (Å²) in [4.78, 5) is 42.6. The van der Waals surface area contributed by atoms with Gasteiger partial charge in [-0.25, -0.2) is 29.9 Å². The molecule has 18 nitrogen and oxygen atoms in total. The smallest absolute Gasteiger partial charge is 0.126 e. The molecule has 3 aliphatic carbocycles. The minimum Gasteiger partial charge on any atom is -0.395 e. The van der Waals surface area contributed by atoms with Crippen LogP contribution in [0.2, 0.25) is 0 Å². The second-order valence-electron chi connectivity index (χ2n) is 22.3. The Labute approximate surface area is 471 Å². The number of pyridine rings is 6. The topological polar surface area (TPSA) is 228 Å². The highest BCUT2D eigenvalue weighted by molar-refractivity contribution is 5.82. The first-order valence-corrected chi connectivity index (χ1v) is 28.8. The highest BCUT2D eigenvalue weighted by Gasteiger charge is 2.44. The van der Waals surface area contributed by atoms with Gasteiger partial charge < -0.3 is 45.0 Å². The van der Waals surface area contributed by atoms with Crippen LogP contribution in [0.3, 0.4) is 0 Å². The van der Waals surface area contributed by atoms with Gasteiger partial charge in [0.15, 0.2) is 0 Å². The molecule has 6 bridgehead atoms. The average Bonchev–Trinajstić information content (AvgIpc) is 4.26. The van der Waals surface area contributed by atoms with Crippen molar-refractivity contribution in [1.82, 2.24) is 58.6 Å². The Morgan fingerprint density at radius 3 is 1.00 bits per heavy atom. The van der Waals surface area contributed by atoms with Gasteiger partial charge in [-0.15, -0.1) is 0 Å². The molecule has 0 spiro atoms. The first-order chi connectivity index (χ1) is 39.7. The molecule has 9 aromatic heterocycles. The van der Waals surface area contributed by atoms with Crippen molar-refractivity contribution in [2.24, 2.45) is 0 Å². The fourth-order valence-corrected chi connectivity index (χ4v) is 13.6. The normalized spacial score (nSPS) is 20.1. The summed E-state index contributed by atoms with van der Waals surface area (Å²) < 4.78 is 7.33. The molecular formula is C63H69N15O3. The van der Waals surface area contributed by atoms with Gasteiger partial charge in [0.2, 0.25) is 0 Å². The van der Waals surface area contributed by atoms with E-state index in [1.54, 1.807) is 0 Å². The Balaban J connectivity index is 0.000000114. The van der Waals surface area contributed by atoms with Crippen molar-refractivity contribution < 1.29 is 15.3 Å². The molecular weight excluding hydrogens is 1010 g/mol. The summed E-state index contributed by atoms with van der Waals surface area (Å²) in [6.45, 7) is 7.73. The van der Waals surface area contributed by atoms with Crippen molar-refractivity contribution in [2.75, 3.05) is 55.4 Å². The third kappa shape index (κ3) is 10.0. The van der Waals surface area contributed by atoms with Gasteiger partial charge in [0, 0.05) is 108 Å². The Kier molecular flexibility index (Phi) is 14.4. The fraction of sp³-hybridized carbons (Fsp3) is 0.381. The maximum absolute atomic E-state index is 9.09. The molecule has 414 valence electrons. The molecule has 81 heavy (non-hydrogen) atoms. The van der Waals surface area contributed by atoms with Gasteiger partial charge in [-0.3, -0.25) is 15.0 Å². The fourth-order valence-electron chi connectivity index (χ4n) is 13.6. The summed E-state index contributed by atoms with van der Waals surface area (Å²) in [5.74, 6) is 7.64. The molecule has 3 aliphatic heterocycles. The van der Waals surface area contributed by atoms with Crippen LogP contribution in [0, 0.1) is 20.8 Å². The molecule has 15 rings (SSSR count). The van der Waals surface area contributed by atoms with Gasteiger partial charge in [-0.05, 0) is 151 Å². The molecule has 2 unspecified atom stereocenters. The van der Waals surface area contributed by atoms with Gasteiger partial charge in [0.05, 0.1) is 54.0 Å². The van der Waals surface area contributed by atoms with E-state index in [2.05, 4.69) is 44.6 Å². The third-order valence-corrected chi connectivity index (χ3v) is 17.0. The van der Waals surface area contributed by atoms with E-state index in [1.165, 1.54) is 75.3 Å². The van der Waals surface area contributed by atoms with Crippen molar-refractivity contribution in [3.8, 4) is 67.9 Å². The predicted octanol–water partition coefficient (Wildman–Crippen LogP) is 10.6. The molecule has 6 N–H and O–H groups in total. The largest absolute Gasteiger partial charge is 0.395 e. The zero-order valence-corrected chi connectivity index (χ0v) is 46.2. The van der Waals surface area contributed by atoms with E-state index in [0.29, 0.717) is 55.5 Å². The van der Waals surface area contributed by atoms with Crippen LogP contribution in [0.15, 0.2) is 110 Å². The number of aromatic nitrogens is 12. The highest BCUT2D eigenvalue weighted by atomic mass is 16.3. The molecule has 0 aromatic carbocycles. The molecule has 9 aromatic rings. The van der Waals surface area contributed by atoms with Crippen molar-refractivity contribution in [1.29, 1.82) is 0 Å². The minimum atomic E-state index is 0.0796. The Morgan fingerprint density at radius 1 is 0.407 bits per heavy atom. The molecule has 6 atom stereocenters. The molecule has 0 radical (unpaired) electrons. The number of aliphatic hydroxyl groups is 3. The molecule has 0 saturated heterocycles. The van der Waals surface area contributed by atoms with Gasteiger partial charge in [0.25, 0.3) is 0 Å². The number of anilines is 3. The van der Waals surface area contributed by atoms with Crippen molar-refractivity contribution in [2.45, 2.75) is 114 Å². The second kappa shape index (κ2) is 22.4. The summed E-state index contributed by atoms with van der Waals surface area (Å²) >= 11 is 0. The van der Waals surface area contributed by atoms with E-state index < -0.39 is 0 Å². The first kappa shape index (κ1) is 52.2. The Morgan fingerprint density at radius 2 is 0.716 bits per heavy atom. The summed E-state index contributed by atoms with van der Waals surface area (Å²) in [5.41, 5.74) is 15.4. The van der Waals surface area contributed by atoms with E-state index in [-0.39, 0.29) is 19.8 Å². The van der Waals surface area contributed by atoms with Crippen LogP contribution in [-0.4, -0.2) is 113 Å². The summed E-state index contributed by atoms with van der Waals surface area (Å²) in [7, 11) is 0. The van der Waals surface area contributed by atoms with Crippen LogP contribution >= 0.6 is 0 Å². The maximum atomic E-state index is 9.09. The van der Waals surface area contributed by atoms with Crippen LogP contribution < -0.4 is 16.0 Å². The zero-order chi connectivity index (χ0) is 55.1. The molecule has 3 fully saturated rings. The highest BCUT2D eigenvalue weighted by Crippen LogP contribution is 2.55. The van der Waals surface area contributed by atoms with Crippen molar-refractivity contribution in [3.05, 3.63) is 144 Å². The minimum absolute atomic E-state index is 0.0796. The van der Waals surface area contributed by atoms with Crippen molar-refractivity contribution in [3.63, 3.8) is 0 Å². The van der Waals surface area contributed by atoms with Gasteiger partial charge in [-0.2, -0.15) is 0 Å². The van der Waals surface area contributed by atoms with E-state index in [4.69, 9.17) is 45.2 Å². The Bertz CT molecular complexity index is 3370. The number of nitrogens with one attached hydrogen (secondary N) is 3. The number of aryl methyl sites for hydroxylation is 3. The predicted molar refractivity (Wildman–Crippen MR) is 314 cm³/mol. The second-order valence-corrected chi connectivity index (χ2v) is 22.3. The molecule has 12 heterocycles. The zero-order valence-electron chi connectivity index (χ0n) is 46.2. The number of fused-ring (bicyclic) bond motifs is 15. The lowest BCUT2D eigenvalue weighted by Gasteiger charge is -2.17. The Hall–Kier alpha value is -8.19. The summed E-state index contributed by atoms with van der Waals surface area (Å²) in [6.07, 6.45) is 16.4. The van der Waals surface area contributed by atoms with Gasteiger partial charge in [0.1, 0.15) is 52.0 Å². The van der Waals surface area contributed by atoms with Crippen LogP contribution in [-0.2, 0) is 0 Å². The van der Waals surface area contributed by atoms with E-state index in [1.807, 2.05) is 130 Å². The molecule has 18 heteroatoms. The van der Waals surface area contributed by atoms with Crippen LogP contribution in [0.25, 0.3) is 67.9 Å². The van der Waals surface area contributed by atoms with Crippen LogP contribution in [0.1, 0.15) is 128 Å². The summed E-state index contributed by atoms with van der Waals surface area (Å²) in [5, 5.41) is 36.7. The lowest BCUT2D eigenvalue weighted by molar-refractivity contribution is 0.310. The number of rotatable bonds is 15. The lowest BCUT2D eigenvalue weighted by Crippen LogP contribution is -2.09. The van der Waals surface area contributed by atoms with Gasteiger partial charge >= 0.3 is 0 Å². The molecule has 3 saturated carbocycles. The summed E-state index contributed by atoms with van der Waals surface area (Å²) in [6, 6.07) is 32.2. The number of hydrogen-bond donors (Lipinski definition) is 6. The number of aliphatic hydroxyl groups excluding tert-OH is 3. The van der Waals surface area contributed by atoms with E-state index >= 15 is 0 Å². The quantitative estimate of drug-likeness (QED) is 0.0561. The third-order valence-electron chi connectivity index (χ3n) is 17.0. The van der Waals surface area contributed by atoms with Gasteiger partial charge in [-0.1, -0.05) is 18.2 Å². The van der Waals surface area contributed by atoms with Crippen LogP contribution in [0.4, 0.5) is 17.5 Å². The van der Waals surface area contributed by atoms with E-state index in [0.717, 1.165) is 102 Å². The standard InChI is InChI=1S/3C21H23N5O/c3*1-13-3-2-4-17(24-13)19-20(14-7-8-22-18(12-14)23-9-10-27)26-16-6-5-15(11-16)21(26)25-19/h3*2-4,7-8,12,15-16,27H,5-6,9-11H2,1H3,(H,22,23)/t2*15-,16+;/m10./s1. The average molecular weight is 1080 g/mol. The number of imidazole rings is 3. The number of hydrogen-bond acceptors (Lipinski definition) is 15. The SMILES string of the molecule is Cc1cccc(-c2nc3n(c2-c2ccnc(NCCO)c2)C2CCC3C2)n1.Cc1cccc(-c2nc3n(c2-c2ccnc(NCCO)c2)[C@@H]2CC[C@H]3C2)n1.Cc1cccc(-c2nc3n(c2-c2ccnc(NCCO)c2)[C@H]2CC[C@@H]3C2)n1. The molecule has 0 amide bonds.